The number of phenols is 1. The van der Waals surface area contributed by atoms with E-state index in [9.17, 15) is 13.5 Å². The quantitative estimate of drug-likeness (QED) is 0.277. The highest BCUT2D eigenvalue weighted by molar-refractivity contribution is 7.92. The lowest BCUT2D eigenvalue weighted by molar-refractivity contribution is 0.417. The summed E-state index contributed by atoms with van der Waals surface area (Å²) in [6.07, 6.45) is 2.84. The van der Waals surface area contributed by atoms with E-state index in [0.717, 1.165) is 34.6 Å². The summed E-state index contributed by atoms with van der Waals surface area (Å²) in [6, 6.07) is 19.7. The van der Waals surface area contributed by atoms with Crippen molar-refractivity contribution in [1.29, 1.82) is 0 Å². The first kappa shape index (κ1) is 26.5. The van der Waals surface area contributed by atoms with E-state index in [4.69, 9.17) is 17.0 Å². The Morgan fingerprint density at radius 3 is 2.49 bits per heavy atom. The molecular weight excluding hydrogens is 534 g/mol. The van der Waals surface area contributed by atoms with Crippen LogP contribution >= 0.6 is 12.2 Å². The van der Waals surface area contributed by atoms with Gasteiger partial charge < -0.3 is 24.6 Å². The van der Waals surface area contributed by atoms with E-state index in [1.807, 2.05) is 53.6 Å². The SMILES string of the molecule is COc1cc(N2C(=S)N[C@H](c3ccccn3)[C@H]2c2cc(C)n(-c3ccccc3O)c2C)ccc1NS(C)(=O)=O. The molecule has 0 radical (unpaired) electrons. The zero-order valence-electron chi connectivity index (χ0n) is 21.9. The minimum absolute atomic E-state index is 0.183. The van der Waals surface area contributed by atoms with Gasteiger partial charge in [-0.2, -0.15) is 0 Å². The third-order valence-electron chi connectivity index (χ3n) is 6.77. The fourth-order valence-electron chi connectivity index (χ4n) is 5.17. The van der Waals surface area contributed by atoms with Crippen LogP contribution in [-0.2, 0) is 10.0 Å². The molecule has 4 aromatic rings. The summed E-state index contributed by atoms with van der Waals surface area (Å²) in [5.74, 6) is 0.545. The minimum Gasteiger partial charge on any atom is -0.506 e. The van der Waals surface area contributed by atoms with Crippen molar-refractivity contribution in [2.24, 2.45) is 0 Å². The van der Waals surface area contributed by atoms with E-state index in [1.165, 1.54) is 7.11 Å². The summed E-state index contributed by atoms with van der Waals surface area (Å²) in [6.45, 7) is 4.02. The number of phenolic OH excluding ortho intramolecular Hbond substituents is 1. The van der Waals surface area contributed by atoms with E-state index in [-0.39, 0.29) is 17.8 Å². The van der Waals surface area contributed by atoms with Gasteiger partial charge in [0.05, 0.1) is 42.5 Å². The number of sulfonamides is 1. The van der Waals surface area contributed by atoms with Crippen molar-refractivity contribution in [2.45, 2.75) is 25.9 Å². The lowest BCUT2D eigenvalue weighted by Crippen LogP contribution is -2.29. The average molecular weight is 564 g/mol. The van der Waals surface area contributed by atoms with Gasteiger partial charge >= 0.3 is 0 Å². The number of thiocarbonyl (C=S) groups is 1. The number of aromatic nitrogens is 2. The van der Waals surface area contributed by atoms with E-state index in [2.05, 4.69) is 21.1 Å². The molecule has 0 aliphatic carbocycles. The van der Waals surface area contributed by atoms with Crippen molar-refractivity contribution < 1.29 is 18.3 Å². The minimum atomic E-state index is -3.50. The van der Waals surface area contributed by atoms with Crippen LogP contribution in [0.1, 0.15) is 34.7 Å². The molecule has 0 spiro atoms. The molecule has 39 heavy (non-hydrogen) atoms. The third-order valence-corrected chi connectivity index (χ3v) is 7.67. The molecule has 2 aromatic heterocycles. The number of aromatic hydroxyl groups is 1. The van der Waals surface area contributed by atoms with Gasteiger partial charge in [-0.05, 0) is 74.1 Å². The Kier molecular flexibility index (Phi) is 6.96. The number of benzene rings is 2. The smallest absolute Gasteiger partial charge is 0.229 e. The number of pyridine rings is 1. The first-order chi connectivity index (χ1) is 18.6. The zero-order valence-corrected chi connectivity index (χ0v) is 23.5. The van der Waals surface area contributed by atoms with Gasteiger partial charge in [0.2, 0.25) is 10.0 Å². The maximum atomic E-state index is 11.9. The second kappa shape index (κ2) is 10.2. The Balaban J connectivity index is 1.67. The Hall–Kier alpha value is -4.09. The van der Waals surface area contributed by atoms with Gasteiger partial charge in [-0.15, -0.1) is 0 Å². The summed E-state index contributed by atoms with van der Waals surface area (Å²) in [7, 11) is -2.01. The monoisotopic (exact) mass is 563 g/mol. The summed E-state index contributed by atoms with van der Waals surface area (Å²) >= 11 is 5.86. The van der Waals surface area contributed by atoms with Crippen molar-refractivity contribution in [1.82, 2.24) is 14.9 Å². The molecule has 0 unspecified atom stereocenters. The van der Waals surface area contributed by atoms with Crippen molar-refractivity contribution >= 4 is 38.7 Å². The van der Waals surface area contributed by atoms with Gasteiger partial charge in [0.1, 0.15) is 11.5 Å². The molecule has 2 atom stereocenters. The fraction of sp³-hybridized carbons (Fsp3) is 0.214. The van der Waals surface area contributed by atoms with E-state index in [1.54, 1.807) is 36.5 Å². The lowest BCUT2D eigenvalue weighted by atomic mass is 9.96. The maximum Gasteiger partial charge on any atom is 0.229 e. The second-order valence-corrected chi connectivity index (χ2v) is 11.5. The number of hydrogen-bond donors (Lipinski definition) is 3. The Morgan fingerprint density at radius 1 is 1.08 bits per heavy atom. The van der Waals surface area contributed by atoms with E-state index in [0.29, 0.717) is 22.2 Å². The van der Waals surface area contributed by atoms with Crippen LogP contribution in [0.3, 0.4) is 0 Å². The first-order valence-corrected chi connectivity index (χ1v) is 14.5. The van der Waals surface area contributed by atoms with Crippen LogP contribution < -0.4 is 19.7 Å². The van der Waals surface area contributed by atoms with Crippen molar-refractivity contribution in [3.05, 3.63) is 95.6 Å². The standard InChI is InChI=1S/C28H29N5O4S2/c1-17-15-20(18(2)32(17)23-10-5-6-11-24(23)34)27-26(22-9-7-8-14-29-22)30-28(38)33(27)19-12-13-21(25(16-19)37-3)31-39(4,35)36/h5-16,26-27,31,34H,1-4H3,(H,30,38)/t26-,27-/m1/s1. The Labute approximate surface area is 233 Å². The zero-order chi connectivity index (χ0) is 27.9. The molecule has 202 valence electrons. The molecule has 3 heterocycles. The normalized spacial score (nSPS) is 17.2. The second-order valence-electron chi connectivity index (χ2n) is 9.41. The molecule has 5 rings (SSSR count). The molecule has 1 aliphatic rings. The van der Waals surface area contributed by atoms with Crippen LogP contribution in [0, 0.1) is 13.8 Å². The van der Waals surface area contributed by atoms with Crippen molar-refractivity contribution in [3.63, 3.8) is 0 Å². The van der Waals surface area contributed by atoms with Crippen LogP contribution in [0.4, 0.5) is 11.4 Å². The van der Waals surface area contributed by atoms with Gasteiger partial charge in [0.15, 0.2) is 5.11 Å². The van der Waals surface area contributed by atoms with Gasteiger partial charge in [0, 0.05) is 29.3 Å². The molecule has 0 amide bonds. The summed E-state index contributed by atoms with van der Waals surface area (Å²) in [5.41, 5.74) is 5.45. The number of para-hydroxylation sites is 2. The third kappa shape index (κ3) is 5.02. The first-order valence-electron chi connectivity index (χ1n) is 12.2. The van der Waals surface area contributed by atoms with Gasteiger partial charge in [-0.25, -0.2) is 8.42 Å². The van der Waals surface area contributed by atoms with E-state index < -0.39 is 10.0 Å². The van der Waals surface area contributed by atoms with Gasteiger partial charge in [-0.3, -0.25) is 9.71 Å². The molecule has 2 aromatic carbocycles. The number of methoxy groups -OCH3 is 1. The Morgan fingerprint density at radius 2 is 1.82 bits per heavy atom. The number of nitrogens with one attached hydrogen (secondary N) is 2. The molecular formula is C28H29N5O4S2. The topological polar surface area (TPSA) is 109 Å². The van der Waals surface area contributed by atoms with Crippen LogP contribution in [0.5, 0.6) is 11.5 Å². The van der Waals surface area contributed by atoms with Crippen LogP contribution in [-0.4, -0.2) is 41.6 Å². The highest BCUT2D eigenvalue weighted by atomic mass is 32.2. The van der Waals surface area contributed by atoms with Crippen molar-refractivity contribution in [3.8, 4) is 17.2 Å². The van der Waals surface area contributed by atoms with Crippen molar-refractivity contribution in [2.75, 3.05) is 23.0 Å². The lowest BCUT2D eigenvalue weighted by Gasteiger charge is -2.29. The largest absolute Gasteiger partial charge is 0.506 e. The van der Waals surface area contributed by atoms with E-state index >= 15 is 0 Å². The fourth-order valence-corrected chi connectivity index (χ4v) is 6.09. The number of anilines is 2. The molecule has 11 heteroatoms. The molecule has 9 nitrogen and oxygen atoms in total. The molecule has 0 saturated carbocycles. The summed E-state index contributed by atoms with van der Waals surface area (Å²) < 4.78 is 33.8. The Bertz CT molecular complexity index is 1650. The maximum absolute atomic E-state index is 11.9. The number of nitrogens with zero attached hydrogens (tertiary/aromatic N) is 3. The molecule has 1 fully saturated rings. The number of hydrogen-bond acceptors (Lipinski definition) is 6. The summed E-state index contributed by atoms with van der Waals surface area (Å²) in [5, 5.41) is 14.6. The number of aryl methyl sites for hydroxylation is 1. The number of rotatable bonds is 7. The predicted octanol–water partition coefficient (Wildman–Crippen LogP) is 4.75. The van der Waals surface area contributed by atoms with Crippen LogP contribution in [0.2, 0.25) is 0 Å². The highest BCUT2D eigenvalue weighted by Crippen LogP contribution is 2.45. The van der Waals surface area contributed by atoms with Gasteiger partial charge in [-0.1, -0.05) is 18.2 Å². The predicted molar refractivity (Wildman–Crippen MR) is 156 cm³/mol. The van der Waals surface area contributed by atoms with Crippen LogP contribution in [0.25, 0.3) is 5.69 Å². The van der Waals surface area contributed by atoms with Gasteiger partial charge in [0.25, 0.3) is 0 Å². The summed E-state index contributed by atoms with van der Waals surface area (Å²) in [4.78, 5) is 6.62. The molecule has 0 bridgehead atoms. The number of ether oxygens (including phenoxy) is 1. The molecule has 3 N–H and O–H groups in total. The van der Waals surface area contributed by atoms with Crippen LogP contribution in [0.15, 0.2) is 72.9 Å². The molecule has 1 aliphatic heterocycles. The molecule has 1 saturated heterocycles. The highest BCUT2D eigenvalue weighted by Gasteiger charge is 2.42. The average Bonchev–Trinajstić information content (AvgIpc) is 3.39.